The summed E-state index contributed by atoms with van der Waals surface area (Å²) >= 11 is 0. The molecule has 0 saturated carbocycles. The largest absolute Gasteiger partial charge is 0.493 e. The molecule has 0 aromatic heterocycles. The molecular formula is C14H25N3O2. The monoisotopic (exact) mass is 267 g/mol. The average molecular weight is 267 g/mol. The van der Waals surface area contributed by atoms with Crippen LogP contribution in [0.4, 0.5) is 11.4 Å². The van der Waals surface area contributed by atoms with E-state index in [9.17, 15) is 0 Å². The predicted octanol–water partition coefficient (Wildman–Crippen LogP) is 2.04. The van der Waals surface area contributed by atoms with Crippen LogP contribution >= 0.6 is 0 Å². The number of hydrogen-bond acceptors (Lipinski definition) is 5. The summed E-state index contributed by atoms with van der Waals surface area (Å²) < 4.78 is 10.5. The number of nitrogen functional groups attached to an aromatic ring is 1. The Morgan fingerprint density at radius 1 is 1.21 bits per heavy atom. The first-order chi connectivity index (χ1) is 8.97. The molecule has 1 rings (SSSR count). The Morgan fingerprint density at radius 2 is 1.79 bits per heavy atom. The number of nitrogens with one attached hydrogen (secondary N) is 1. The molecule has 19 heavy (non-hydrogen) atoms. The van der Waals surface area contributed by atoms with Crippen molar-refractivity contribution in [2.24, 2.45) is 0 Å². The molecule has 0 radical (unpaired) electrons. The van der Waals surface area contributed by atoms with Gasteiger partial charge in [-0.3, -0.25) is 0 Å². The summed E-state index contributed by atoms with van der Waals surface area (Å²) in [6, 6.07) is 3.99. The van der Waals surface area contributed by atoms with Crippen molar-refractivity contribution >= 4 is 11.4 Å². The number of nitrogens with zero attached hydrogens (tertiary/aromatic N) is 1. The van der Waals surface area contributed by atoms with Crippen molar-refractivity contribution in [1.29, 1.82) is 0 Å². The van der Waals surface area contributed by atoms with Gasteiger partial charge in [0.15, 0.2) is 11.5 Å². The number of methoxy groups -OCH3 is 2. The van der Waals surface area contributed by atoms with Crippen molar-refractivity contribution in [2.75, 3.05) is 45.9 Å². The first kappa shape index (κ1) is 15.4. The van der Waals surface area contributed by atoms with E-state index >= 15 is 0 Å². The molecule has 0 saturated heterocycles. The molecular weight excluding hydrogens is 242 g/mol. The zero-order valence-corrected chi connectivity index (χ0v) is 12.5. The summed E-state index contributed by atoms with van der Waals surface area (Å²) in [6.45, 7) is 3.17. The van der Waals surface area contributed by atoms with E-state index < -0.39 is 0 Å². The molecule has 0 spiro atoms. The lowest BCUT2D eigenvalue weighted by atomic mass is 10.2. The molecule has 0 fully saturated rings. The van der Waals surface area contributed by atoms with Crippen LogP contribution in [0, 0.1) is 0 Å². The molecule has 1 atom stereocenters. The molecule has 0 aliphatic heterocycles. The summed E-state index contributed by atoms with van der Waals surface area (Å²) in [7, 11) is 7.35. The molecule has 0 heterocycles. The highest BCUT2D eigenvalue weighted by Crippen LogP contribution is 2.35. The van der Waals surface area contributed by atoms with E-state index in [1.807, 2.05) is 6.07 Å². The van der Waals surface area contributed by atoms with E-state index in [4.69, 9.17) is 15.2 Å². The maximum Gasteiger partial charge on any atom is 0.162 e. The fraction of sp³-hybridized carbons (Fsp3) is 0.571. The predicted molar refractivity (Wildman–Crippen MR) is 80.2 cm³/mol. The van der Waals surface area contributed by atoms with E-state index in [0.717, 1.165) is 18.7 Å². The van der Waals surface area contributed by atoms with Gasteiger partial charge in [-0.2, -0.15) is 0 Å². The van der Waals surface area contributed by atoms with Crippen LogP contribution in [-0.2, 0) is 0 Å². The third kappa shape index (κ3) is 4.52. The van der Waals surface area contributed by atoms with Gasteiger partial charge in [-0.15, -0.1) is 0 Å². The summed E-state index contributed by atoms with van der Waals surface area (Å²) in [6.07, 6.45) is 1.04. The highest BCUT2D eigenvalue weighted by molar-refractivity contribution is 5.72. The van der Waals surface area contributed by atoms with Crippen LogP contribution in [-0.4, -0.2) is 45.8 Å². The van der Waals surface area contributed by atoms with Crippen molar-refractivity contribution < 1.29 is 9.47 Å². The van der Waals surface area contributed by atoms with Gasteiger partial charge in [-0.25, -0.2) is 0 Å². The Balaban J connectivity index is 2.77. The van der Waals surface area contributed by atoms with Crippen molar-refractivity contribution in [3.05, 3.63) is 12.1 Å². The van der Waals surface area contributed by atoms with Gasteiger partial charge in [0, 0.05) is 18.2 Å². The number of ether oxygens (including phenoxy) is 2. The van der Waals surface area contributed by atoms with Crippen LogP contribution in [0.15, 0.2) is 12.1 Å². The topological polar surface area (TPSA) is 59.8 Å². The molecule has 0 amide bonds. The number of rotatable bonds is 7. The SMILES string of the molecule is COc1cc(N)c(NC(C)CCN(C)C)cc1OC. The minimum atomic E-state index is 0.336. The minimum absolute atomic E-state index is 0.336. The second kappa shape index (κ2) is 7.09. The molecule has 0 aliphatic rings. The fourth-order valence-corrected chi connectivity index (χ4v) is 1.81. The molecule has 1 aromatic rings. The van der Waals surface area contributed by atoms with Crippen molar-refractivity contribution in [3.8, 4) is 11.5 Å². The van der Waals surface area contributed by atoms with Gasteiger partial charge >= 0.3 is 0 Å². The van der Waals surface area contributed by atoms with Gasteiger partial charge in [0.2, 0.25) is 0 Å². The number of hydrogen-bond donors (Lipinski definition) is 2. The molecule has 0 aliphatic carbocycles. The normalized spacial score (nSPS) is 12.3. The van der Waals surface area contributed by atoms with Crippen LogP contribution in [0.1, 0.15) is 13.3 Å². The fourth-order valence-electron chi connectivity index (χ4n) is 1.81. The zero-order valence-electron chi connectivity index (χ0n) is 12.5. The molecule has 5 heteroatoms. The Bertz CT molecular complexity index is 408. The van der Waals surface area contributed by atoms with E-state index in [-0.39, 0.29) is 0 Å². The first-order valence-corrected chi connectivity index (χ1v) is 6.40. The second-order valence-electron chi connectivity index (χ2n) is 4.93. The summed E-state index contributed by atoms with van der Waals surface area (Å²) in [4.78, 5) is 2.16. The number of nitrogens with two attached hydrogens (primary N) is 1. The lowest BCUT2D eigenvalue weighted by Crippen LogP contribution is -2.23. The van der Waals surface area contributed by atoms with Crippen LogP contribution in [0.3, 0.4) is 0 Å². The van der Waals surface area contributed by atoms with E-state index in [0.29, 0.717) is 23.2 Å². The smallest absolute Gasteiger partial charge is 0.162 e. The lowest BCUT2D eigenvalue weighted by Gasteiger charge is -2.20. The molecule has 3 N–H and O–H groups in total. The Hall–Kier alpha value is -1.62. The second-order valence-corrected chi connectivity index (χ2v) is 4.93. The lowest BCUT2D eigenvalue weighted by molar-refractivity contribution is 0.355. The minimum Gasteiger partial charge on any atom is -0.493 e. The summed E-state index contributed by atoms with van der Waals surface area (Å²) in [5.74, 6) is 1.32. The average Bonchev–Trinajstić information content (AvgIpc) is 2.38. The van der Waals surface area contributed by atoms with Crippen molar-refractivity contribution in [3.63, 3.8) is 0 Å². The number of anilines is 2. The van der Waals surface area contributed by atoms with Gasteiger partial charge in [0.05, 0.1) is 25.6 Å². The zero-order chi connectivity index (χ0) is 14.4. The molecule has 5 nitrogen and oxygen atoms in total. The highest BCUT2D eigenvalue weighted by Gasteiger charge is 2.11. The maximum atomic E-state index is 6.02. The summed E-state index contributed by atoms with van der Waals surface area (Å²) in [5.41, 5.74) is 7.56. The van der Waals surface area contributed by atoms with Gasteiger partial charge in [0.1, 0.15) is 0 Å². The van der Waals surface area contributed by atoms with Crippen LogP contribution in [0.25, 0.3) is 0 Å². The van der Waals surface area contributed by atoms with Gasteiger partial charge in [0.25, 0.3) is 0 Å². The van der Waals surface area contributed by atoms with Crippen molar-refractivity contribution in [1.82, 2.24) is 4.90 Å². The number of benzene rings is 1. The Kier molecular flexibility index (Phi) is 5.76. The quantitative estimate of drug-likeness (QED) is 0.740. The van der Waals surface area contributed by atoms with Crippen LogP contribution in [0.2, 0.25) is 0 Å². The highest BCUT2D eigenvalue weighted by atomic mass is 16.5. The van der Waals surface area contributed by atoms with E-state index in [1.54, 1.807) is 20.3 Å². The van der Waals surface area contributed by atoms with Crippen LogP contribution < -0.4 is 20.5 Å². The molecule has 1 aromatic carbocycles. The van der Waals surface area contributed by atoms with E-state index in [1.165, 1.54) is 0 Å². The summed E-state index contributed by atoms with van der Waals surface area (Å²) in [5, 5.41) is 3.40. The van der Waals surface area contributed by atoms with E-state index in [2.05, 4.69) is 31.2 Å². The van der Waals surface area contributed by atoms with Crippen molar-refractivity contribution in [2.45, 2.75) is 19.4 Å². The van der Waals surface area contributed by atoms with Gasteiger partial charge < -0.3 is 25.4 Å². The van der Waals surface area contributed by atoms with Crippen LogP contribution in [0.5, 0.6) is 11.5 Å². The third-order valence-corrected chi connectivity index (χ3v) is 2.97. The third-order valence-electron chi connectivity index (χ3n) is 2.97. The first-order valence-electron chi connectivity index (χ1n) is 6.40. The molecule has 108 valence electrons. The standard InChI is InChI=1S/C14H25N3O2/c1-10(6-7-17(2)3)16-12-9-14(19-5)13(18-4)8-11(12)15/h8-10,16H,6-7,15H2,1-5H3. The molecule has 0 bridgehead atoms. The van der Waals surface area contributed by atoms with Gasteiger partial charge in [-0.1, -0.05) is 0 Å². The Morgan fingerprint density at radius 3 is 2.32 bits per heavy atom. The molecule has 1 unspecified atom stereocenters. The van der Waals surface area contributed by atoms with Gasteiger partial charge in [-0.05, 0) is 34.0 Å². The maximum absolute atomic E-state index is 6.02. The Labute approximate surface area is 115 Å².